The summed E-state index contributed by atoms with van der Waals surface area (Å²) >= 11 is 2.18. The Morgan fingerprint density at radius 3 is 2.52 bits per heavy atom. The Bertz CT molecular complexity index is 879. The third-order valence-corrected chi connectivity index (χ3v) is 3.76. The summed E-state index contributed by atoms with van der Waals surface area (Å²) in [6.07, 6.45) is 3.67. The van der Waals surface area contributed by atoms with Crippen molar-refractivity contribution in [2.75, 3.05) is 5.73 Å². The normalized spacial score (nSPS) is 11.3. The van der Waals surface area contributed by atoms with E-state index in [1.807, 2.05) is 48.5 Å². The molecular weight excluding hydrogens is 377 g/mol. The number of anilines is 1. The van der Waals surface area contributed by atoms with Crippen LogP contribution in [0.4, 0.5) is 5.69 Å². The lowest BCUT2D eigenvalue weighted by atomic mass is 10.1. The lowest BCUT2D eigenvalue weighted by Gasteiger charge is -2.00. The van der Waals surface area contributed by atoms with Crippen molar-refractivity contribution < 1.29 is 4.42 Å². The first-order chi connectivity index (χ1) is 10.1. The van der Waals surface area contributed by atoms with Gasteiger partial charge in [0, 0.05) is 15.3 Å². The SMILES string of the molecule is Nc1ccc(/C=C/c2cc(=O)c3cc(I)ccc3o2)cc1. The summed E-state index contributed by atoms with van der Waals surface area (Å²) in [7, 11) is 0. The first kappa shape index (κ1) is 13.9. The molecule has 0 atom stereocenters. The van der Waals surface area contributed by atoms with Crippen LogP contribution in [0.5, 0.6) is 0 Å². The van der Waals surface area contributed by atoms with Gasteiger partial charge in [0.25, 0.3) is 0 Å². The molecule has 104 valence electrons. The molecule has 4 heteroatoms. The second-order valence-corrected chi connectivity index (χ2v) is 5.90. The van der Waals surface area contributed by atoms with Crippen LogP contribution in [-0.2, 0) is 0 Å². The molecule has 3 aromatic rings. The minimum atomic E-state index is -0.0354. The summed E-state index contributed by atoms with van der Waals surface area (Å²) in [5, 5.41) is 0.603. The maximum absolute atomic E-state index is 12.1. The van der Waals surface area contributed by atoms with Gasteiger partial charge in [0.2, 0.25) is 0 Å². The van der Waals surface area contributed by atoms with Crippen LogP contribution in [0, 0.1) is 3.57 Å². The minimum Gasteiger partial charge on any atom is -0.456 e. The smallest absolute Gasteiger partial charge is 0.193 e. The van der Waals surface area contributed by atoms with E-state index >= 15 is 0 Å². The number of rotatable bonds is 2. The average molecular weight is 389 g/mol. The Kier molecular flexibility index (Phi) is 3.79. The fraction of sp³-hybridized carbons (Fsp3) is 0. The van der Waals surface area contributed by atoms with Crippen molar-refractivity contribution in [2.45, 2.75) is 0 Å². The third-order valence-electron chi connectivity index (χ3n) is 3.08. The van der Waals surface area contributed by atoms with Gasteiger partial charge in [-0.2, -0.15) is 0 Å². The molecule has 0 saturated heterocycles. The molecule has 1 aromatic heterocycles. The van der Waals surface area contributed by atoms with Crippen LogP contribution in [0.15, 0.2) is 57.7 Å². The fourth-order valence-corrected chi connectivity index (χ4v) is 2.51. The van der Waals surface area contributed by atoms with Gasteiger partial charge >= 0.3 is 0 Å². The monoisotopic (exact) mass is 389 g/mol. The Labute approximate surface area is 135 Å². The molecular formula is C17H12INO2. The van der Waals surface area contributed by atoms with E-state index in [4.69, 9.17) is 10.2 Å². The molecule has 0 spiro atoms. The van der Waals surface area contributed by atoms with Crippen LogP contribution in [0.25, 0.3) is 23.1 Å². The van der Waals surface area contributed by atoms with Crippen molar-refractivity contribution >= 4 is 51.4 Å². The second kappa shape index (κ2) is 5.73. The van der Waals surface area contributed by atoms with Gasteiger partial charge in [-0.25, -0.2) is 0 Å². The van der Waals surface area contributed by atoms with Gasteiger partial charge in [-0.05, 0) is 64.6 Å². The summed E-state index contributed by atoms with van der Waals surface area (Å²) in [5.74, 6) is 0.533. The highest BCUT2D eigenvalue weighted by Gasteiger charge is 2.03. The van der Waals surface area contributed by atoms with Gasteiger partial charge in [0.05, 0.1) is 5.39 Å². The van der Waals surface area contributed by atoms with E-state index in [2.05, 4.69) is 22.6 Å². The summed E-state index contributed by atoms with van der Waals surface area (Å²) < 4.78 is 6.74. The Hall–Kier alpha value is -2.08. The molecule has 0 bridgehead atoms. The van der Waals surface area contributed by atoms with E-state index in [-0.39, 0.29) is 5.43 Å². The number of halogens is 1. The molecule has 0 aliphatic carbocycles. The molecule has 0 fully saturated rings. The van der Waals surface area contributed by atoms with Crippen molar-refractivity contribution in [1.29, 1.82) is 0 Å². The molecule has 2 aromatic carbocycles. The topological polar surface area (TPSA) is 56.2 Å². The number of nitrogen functional groups attached to an aromatic ring is 1. The average Bonchev–Trinajstić information content (AvgIpc) is 2.47. The van der Waals surface area contributed by atoms with Crippen molar-refractivity contribution in [2.24, 2.45) is 0 Å². The summed E-state index contributed by atoms with van der Waals surface area (Å²) in [5.41, 5.74) is 7.92. The zero-order valence-electron chi connectivity index (χ0n) is 11.0. The maximum Gasteiger partial charge on any atom is 0.193 e. The quantitative estimate of drug-likeness (QED) is 0.529. The van der Waals surface area contributed by atoms with Gasteiger partial charge in [-0.1, -0.05) is 18.2 Å². The number of fused-ring (bicyclic) bond motifs is 1. The fourth-order valence-electron chi connectivity index (χ4n) is 2.01. The van der Waals surface area contributed by atoms with Crippen LogP contribution in [0.2, 0.25) is 0 Å². The van der Waals surface area contributed by atoms with Crippen LogP contribution in [0.3, 0.4) is 0 Å². The van der Waals surface area contributed by atoms with Crippen LogP contribution in [-0.4, -0.2) is 0 Å². The van der Waals surface area contributed by atoms with Gasteiger partial charge in [0.15, 0.2) is 5.43 Å². The largest absolute Gasteiger partial charge is 0.456 e. The second-order valence-electron chi connectivity index (χ2n) is 4.65. The first-order valence-corrected chi connectivity index (χ1v) is 7.47. The number of nitrogens with two attached hydrogens (primary N) is 1. The molecule has 0 radical (unpaired) electrons. The zero-order valence-corrected chi connectivity index (χ0v) is 13.2. The zero-order chi connectivity index (χ0) is 14.8. The maximum atomic E-state index is 12.1. The van der Waals surface area contributed by atoms with Crippen molar-refractivity contribution in [3.63, 3.8) is 0 Å². The molecule has 3 rings (SSSR count). The molecule has 1 heterocycles. The van der Waals surface area contributed by atoms with E-state index in [0.717, 1.165) is 14.8 Å². The standard InChI is InChI=1S/C17H12INO2/c18-12-4-8-17-15(9-12)16(20)10-14(21-17)7-3-11-1-5-13(19)6-2-11/h1-10H,19H2/b7-3+. The van der Waals surface area contributed by atoms with E-state index < -0.39 is 0 Å². The van der Waals surface area contributed by atoms with E-state index in [1.54, 1.807) is 6.08 Å². The van der Waals surface area contributed by atoms with Gasteiger partial charge in [-0.15, -0.1) is 0 Å². The summed E-state index contributed by atoms with van der Waals surface area (Å²) in [6.45, 7) is 0. The van der Waals surface area contributed by atoms with E-state index in [1.165, 1.54) is 6.07 Å². The van der Waals surface area contributed by atoms with Crippen molar-refractivity contribution in [1.82, 2.24) is 0 Å². The molecule has 0 aliphatic heterocycles. The Morgan fingerprint density at radius 2 is 1.76 bits per heavy atom. The first-order valence-electron chi connectivity index (χ1n) is 6.39. The van der Waals surface area contributed by atoms with Crippen molar-refractivity contribution in [3.8, 4) is 0 Å². The highest BCUT2D eigenvalue weighted by molar-refractivity contribution is 14.1. The molecule has 0 unspecified atom stereocenters. The van der Waals surface area contributed by atoms with E-state index in [0.29, 0.717) is 16.7 Å². The summed E-state index contributed by atoms with van der Waals surface area (Å²) in [6, 6.07) is 14.6. The van der Waals surface area contributed by atoms with Crippen LogP contribution < -0.4 is 11.2 Å². The van der Waals surface area contributed by atoms with E-state index in [9.17, 15) is 4.79 Å². The Balaban J connectivity index is 1.99. The highest BCUT2D eigenvalue weighted by atomic mass is 127. The van der Waals surface area contributed by atoms with Crippen LogP contribution in [0.1, 0.15) is 11.3 Å². The van der Waals surface area contributed by atoms with Crippen molar-refractivity contribution in [3.05, 3.63) is 73.6 Å². The van der Waals surface area contributed by atoms with Gasteiger partial charge in [-0.3, -0.25) is 4.79 Å². The van der Waals surface area contributed by atoms with Crippen LogP contribution >= 0.6 is 22.6 Å². The number of benzene rings is 2. The molecule has 3 nitrogen and oxygen atoms in total. The number of hydrogen-bond donors (Lipinski definition) is 1. The third kappa shape index (κ3) is 3.16. The summed E-state index contributed by atoms with van der Waals surface area (Å²) in [4.78, 5) is 12.1. The number of hydrogen-bond acceptors (Lipinski definition) is 3. The highest BCUT2D eigenvalue weighted by Crippen LogP contribution is 2.17. The van der Waals surface area contributed by atoms with Gasteiger partial charge in [0.1, 0.15) is 11.3 Å². The predicted octanol–water partition coefficient (Wildman–Crippen LogP) is 4.15. The molecule has 0 saturated carbocycles. The molecule has 2 N–H and O–H groups in total. The molecule has 0 aliphatic rings. The minimum absolute atomic E-state index is 0.0354. The lowest BCUT2D eigenvalue weighted by molar-refractivity contribution is 0.591. The lowest BCUT2D eigenvalue weighted by Crippen LogP contribution is -2.00. The van der Waals surface area contributed by atoms with Gasteiger partial charge < -0.3 is 10.2 Å². The Morgan fingerprint density at radius 1 is 1.00 bits per heavy atom. The molecule has 0 amide bonds. The predicted molar refractivity (Wildman–Crippen MR) is 95.0 cm³/mol. The molecule has 21 heavy (non-hydrogen) atoms.